The summed E-state index contributed by atoms with van der Waals surface area (Å²) in [7, 11) is 2.72. The van der Waals surface area contributed by atoms with Gasteiger partial charge in [0.1, 0.15) is 0 Å². The van der Waals surface area contributed by atoms with Gasteiger partial charge in [-0.25, -0.2) is 10.4 Å². The van der Waals surface area contributed by atoms with Gasteiger partial charge in [-0.05, 0) is 76.9 Å². The number of hydrogen-bond acceptors (Lipinski definition) is 9. The van der Waals surface area contributed by atoms with Gasteiger partial charge in [-0.3, -0.25) is 19.4 Å². The number of benzene rings is 3. The standard InChI is InChI=1S/C37H37N5O5/c1-46-34(43)23-27-8-6-12-31(21-27)41-19-16-30(25-33(41)20-26-14-17-39-18-15-26)36(38)40-42(37(45)29-10-4-3-5-11-29)32-13-7-9-28(22-32)24-35(44)47-2/h3-18,21-22,25,36,40H,19-20,23-24,38H2,1-2H3. The van der Waals surface area contributed by atoms with Gasteiger partial charge >= 0.3 is 11.9 Å². The van der Waals surface area contributed by atoms with Crippen LogP contribution in [0, 0.1) is 0 Å². The van der Waals surface area contributed by atoms with Gasteiger partial charge in [-0.1, -0.05) is 48.5 Å². The van der Waals surface area contributed by atoms with Crippen LogP contribution in [0.5, 0.6) is 0 Å². The molecule has 3 N–H and O–H groups in total. The first-order valence-electron chi connectivity index (χ1n) is 15.1. The highest BCUT2D eigenvalue weighted by Crippen LogP contribution is 2.28. The van der Waals surface area contributed by atoms with Crippen molar-refractivity contribution in [3.05, 3.63) is 149 Å². The maximum Gasteiger partial charge on any atom is 0.309 e. The minimum absolute atomic E-state index is 0.0622. The number of methoxy groups -OCH3 is 2. The van der Waals surface area contributed by atoms with Gasteiger partial charge in [-0.15, -0.1) is 0 Å². The highest BCUT2D eigenvalue weighted by atomic mass is 16.5. The van der Waals surface area contributed by atoms with Gasteiger partial charge in [0, 0.05) is 42.3 Å². The van der Waals surface area contributed by atoms with Crippen LogP contribution in [0.15, 0.2) is 127 Å². The third kappa shape index (κ3) is 8.57. The summed E-state index contributed by atoms with van der Waals surface area (Å²) in [5.41, 5.74) is 16.3. The number of pyridine rings is 1. The fourth-order valence-corrected chi connectivity index (χ4v) is 5.28. The van der Waals surface area contributed by atoms with E-state index in [2.05, 4.69) is 15.3 Å². The normalized spacial score (nSPS) is 13.2. The van der Waals surface area contributed by atoms with E-state index in [-0.39, 0.29) is 30.7 Å². The average molecular weight is 632 g/mol. The molecule has 1 aromatic heterocycles. The van der Waals surface area contributed by atoms with Gasteiger partial charge in [-0.2, -0.15) is 0 Å². The lowest BCUT2D eigenvalue weighted by molar-refractivity contribution is -0.140. The molecule has 47 heavy (non-hydrogen) atoms. The first-order valence-corrected chi connectivity index (χ1v) is 15.1. The number of anilines is 2. The maximum absolute atomic E-state index is 13.9. The Bertz CT molecular complexity index is 1770. The molecule has 1 aliphatic rings. The molecule has 1 atom stereocenters. The predicted molar refractivity (Wildman–Crippen MR) is 180 cm³/mol. The SMILES string of the molecule is COC(=O)Cc1cccc(N2CC=C(C(N)NN(C(=O)c3ccccc3)c3cccc(CC(=O)OC)c3)C=C2Cc2ccncc2)c1. The lowest BCUT2D eigenvalue weighted by Gasteiger charge is -2.33. The van der Waals surface area contributed by atoms with Crippen molar-refractivity contribution in [1.29, 1.82) is 0 Å². The molecule has 2 heterocycles. The molecular weight excluding hydrogens is 594 g/mol. The van der Waals surface area contributed by atoms with E-state index in [1.807, 2.05) is 54.6 Å². The topological polar surface area (TPSA) is 127 Å². The van der Waals surface area contributed by atoms with Crippen LogP contribution >= 0.6 is 0 Å². The highest BCUT2D eigenvalue weighted by molar-refractivity contribution is 6.05. The van der Waals surface area contributed by atoms with E-state index in [9.17, 15) is 14.4 Å². The second-order valence-electron chi connectivity index (χ2n) is 10.9. The third-order valence-corrected chi connectivity index (χ3v) is 7.72. The van der Waals surface area contributed by atoms with Gasteiger partial charge in [0.15, 0.2) is 0 Å². The summed E-state index contributed by atoms with van der Waals surface area (Å²) in [5, 5.41) is 1.42. The van der Waals surface area contributed by atoms with Gasteiger partial charge in [0.25, 0.3) is 5.91 Å². The minimum Gasteiger partial charge on any atom is -0.469 e. The summed E-state index contributed by atoms with van der Waals surface area (Å²) < 4.78 is 9.71. The smallest absolute Gasteiger partial charge is 0.309 e. The number of carbonyl (C=O) groups excluding carboxylic acids is 3. The van der Waals surface area contributed by atoms with Crippen LogP contribution in [0.4, 0.5) is 11.4 Å². The second kappa shape index (κ2) is 15.6. The molecule has 0 aliphatic carbocycles. The number of esters is 2. The average Bonchev–Trinajstić information content (AvgIpc) is 3.11. The molecule has 0 radical (unpaired) electrons. The molecule has 0 saturated heterocycles. The monoisotopic (exact) mass is 631 g/mol. The van der Waals surface area contributed by atoms with Crippen LogP contribution in [0.25, 0.3) is 0 Å². The first kappa shape index (κ1) is 32.8. The Morgan fingerprint density at radius 1 is 0.851 bits per heavy atom. The van der Waals surface area contributed by atoms with Crippen molar-refractivity contribution in [2.75, 3.05) is 30.7 Å². The van der Waals surface area contributed by atoms with Crippen molar-refractivity contribution >= 4 is 29.2 Å². The number of nitrogens with zero attached hydrogens (tertiary/aromatic N) is 3. The van der Waals surface area contributed by atoms with Crippen molar-refractivity contribution in [3.8, 4) is 0 Å². The van der Waals surface area contributed by atoms with Crippen LogP contribution in [-0.2, 0) is 38.3 Å². The molecule has 0 spiro atoms. The van der Waals surface area contributed by atoms with E-state index in [1.54, 1.807) is 60.9 Å². The van der Waals surface area contributed by atoms with Crippen molar-refractivity contribution < 1.29 is 23.9 Å². The summed E-state index contributed by atoms with van der Waals surface area (Å²) in [6.07, 6.45) is 7.60. The molecule has 0 saturated carbocycles. The van der Waals surface area contributed by atoms with Crippen LogP contribution < -0.4 is 21.1 Å². The molecule has 4 aromatic rings. The molecule has 1 aliphatic heterocycles. The number of ether oxygens (including phenoxy) is 2. The zero-order valence-corrected chi connectivity index (χ0v) is 26.3. The van der Waals surface area contributed by atoms with Crippen molar-refractivity contribution in [2.45, 2.75) is 25.4 Å². The van der Waals surface area contributed by atoms with Crippen molar-refractivity contribution in [1.82, 2.24) is 10.4 Å². The van der Waals surface area contributed by atoms with Crippen molar-refractivity contribution in [2.24, 2.45) is 5.73 Å². The molecule has 5 rings (SSSR count). The number of hydrogen-bond donors (Lipinski definition) is 2. The molecule has 1 unspecified atom stereocenters. The fourth-order valence-electron chi connectivity index (χ4n) is 5.28. The Kier molecular flexibility index (Phi) is 10.9. The summed E-state index contributed by atoms with van der Waals surface area (Å²) in [4.78, 5) is 44.1. The summed E-state index contributed by atoms with van der Waals surface area (Å²) >= 11 is 0. The Hall–Kier alpha value is -5.58. The van der Waals surface area contributed by atoms with E-state index in [0.29, 0.717) is 29.8 Å². The number of hydrazine groups is 1. The van der Waals surface area contributed by atoms with E-state index in [4.69, 9.17) is 15.2 Å². The molecule has 0 bridgehead atoms. The Morgan fingerprint density at radius 3 is 2.19 bits per heavy atom. The van der Waals surface area contributed by atoms with Crippen LogP contribution in [0.3, 0.4) is 0 Å². The Balaban J connectivity index is 1.46. The Morgan fingerprint density at radius 2 is 1.51 bits per heavy atom. The second-order valence-corrected chi connectivity index (χ2v) is 10.9. The lowest BCUT2D eigenvalue weighted by Crippen LogP contribution is -2.53. The van der Waals surface area contributed by atoms with E-state index < -0.39 is 6.17 Å². The van der Waals surface area contributed by atoms with Crippen LogP contribution in [0.2, 0.25) is 0 Å². The molecule has 1 amide bonds. The van der Waals surface area contributed by atoms with Gasteiger partial charge in [0.2, 0.25) is 0 Å². The number of rotatable bonds is 12. The number of amides is 1. The molecule has 3 aromatic carbocycles. The summed E-state index contributed by atoms with van der Waals surface area (Å²) in [6, 6.07) is 27.8. The Labute approximate surface area is 274 Å². The molecule has 10 heteroatoms. The zero-order valence-electron chi connectivity index (χ0n) is 26.3. The van der Waals surface area contributed by atoms with E-state index in [0.717, 1.165) is 28.1 Å². The van der Waals surface area contributed by atoms with Crippen LogP contribution in [0.1, 0.15) is 27.0 Å². The number of nitrogens with one attached hydrogen (secondary N) is 1. The van der Waals surface area contributed by atoms with Crippen LogP contribution in [-0.4, -0.2) is 49.8 Å². The van der Waals surface area contributed by atoms with E-state index >= 15 is 0 Å². The largest absolute Gasteiger partial charge is 0.469 e. The molecule has 10 nitrogen and oxygen atoms in total. The molecule has 240 valence electrons. The number of nitrogens with two attached hydrogens (primary N) is 1. The lowest BCUT2D eigenvalue weighted by atomic mass is 10.0. The zero-order chi connectivity index (χ0) is 33.2. The maximum atomic E-state index is 13.9. The summed E-state index contributed by atoms with van der Waals surface area (Å²) in [5.74, 6) is -0.997. The van der Waals surface area contributed by atoms with Crippen molar-refractivity contribution in [3.63, 3.8) is 0 Å². The predicted octanol–water partition coefficient (Wildman–Crippen LogP) is 4.52. The first-order chi connectivity index (χ1) is 22.8. The van der Waals surface area contributed by atoms with Gasteiger partial charge in [0.05, 0.1) is 38.9 Å². The van der Waals surface area contributed by atoms with Gasteiger partial charge < -0.3 is 20.1 Å². The summed E-state index contributed by atoms with van der Waals surface area (Å²) in [6.45, 7) is 0.505. The number of allylic oxidation sites excluding steroid dienone is 1. The minimum atomic E-state index is -0.771. The number of aromatic nitrogens is 1. The van der Waals surface area contributed by atoms with E-state index in [1.165, 1.54) is 19.2 Å². The number of carbonyl (C=O) groups is 3. The third-order valence-electron chi connectivity index (χ3n) is 7.72. The quantitative estimate of drug-likeness (QED) is 0.132. The fraction of sp³-hybridized carbons (Fsp3) is 0.189. The molecule has 0 fully saturated rings. The highest BCUT2D eigenvalue weighted by Gasteiger charge is 2.25. The molecular formula is C37H37N5O5.